The summed E-state index contributed by atoms with van der Waals surface area (Å²) in [6.07, 6.45) is 1.43. The van der Waals surface area contributed by atoms with Crippen molar-refractivity contribution < 1.29 is 4.79 Å². The number of benzene rings is 2. The Balaban J connectivity index is 0.00000264. The lowest BCUT2D eigenvalue weighted by molar-refractivity contribution is -0.121. The number of hydrogen-bond acceptors (Lipinski definition) is 2. The molecule has 0 heterocycles. The van der Waals surface area contributed by atoms with Crippen LogP contribution < -0.4 is 10.6 Å². The molecule has 2 aromatic rings. The van der Waals surface area contributed by atoms with Crippen molar-refractivity contribution in [3.63, 3.8) is 0 Å². The van der Waals surface area contributed by atoms with Crippen LogP contribution in [0.25, 0.3) is 11.1 Å². The highest BCUT2D eigenvalue weighted by molar-refractivity contribution is 5.85. The number of nitrogens with one attached hydrogen (secondary N) is 2. The molecule has 0 radical (unpaired) electrons. The first kappa shape index (κ1) is 19.2. The summed E-state index contributed by atoms with van der Waals surface area (Å²) in [7, 11) is 1.90. The van der Waals surface area contributed by atoms with Crippen molar-refractivity contribution >= 4 is 18.3 Å². The number of amides is 1. The Hall–Kier alpha value is -1.84. The summed E-state index contributed by atoms with van der Waals surface area (Å²) < 4.78 is 0. The van der Waals surface area contributed by atoms with Gasteiger partial charge in [0.05, 0.1) is 0 Å². The Kier molecular flexibility index (Phi) is 8.38. The Morgan fingerprint density at radius 1 is 1.04 bits per heavy atom. The van der Waals surface area contributed by atoms with Gasteiger partial charge in [0.2, 0.25) is 5.91 Å². The fourth-order valence-electron chi connectivity index (χ4n) is 2.40. The molecule has 2 rings (SSSR count). The summed E-state index contributed by atoms with van der Waals surface area (Å²) in [6, 6.07) is 16.8. The van der Waals surface area contributed by atoms with Gasteiger partial charge in [-0.3, -0.25) is 4.79 Å². The van der Waals surface area contributed by atoms with Gasteiger partial charge in [-0.1, -0.05) is 48.0 Å². The number of rotatable bonds is 7. The number of carbonyl (C=O) groups excluding carboxylic acids is 1. The van der Waals surface area contributed by atoms with Crippen molar-refractivity contribution in [3.8, 4) is 11.1 Å². The summed E-state index contributed by atoms with van der Waals surface area (Å²) in [4.78, 5) is 11.8. The minimum atomic E-state index is 0. The van der Waals surface area contributed by atoms with Crippen LogP contribution in [0.1, 0.15) is 24.0 Å². The predicted molar refractivity (Wildman–Crippen MR) is 98.9 cm³/mol. The highest BCUT2D eigenvalue weighted by Crippen LogP contribution is 2.21. The van der Waals surface area contributed by atoms with E-state index in [-0.39, 0.29) is 18.3 Å². The first-order valence-corrected chi connectivity index (χ1v) is 7.76. The molecule has 0 bridgehead atoms. The molecule has 2 N–H and O–H groups in total. The zero-order valence-electron chi connectivity index (χ0n) is 13.8. The maximum atomic E-state index is 11.8. The molecular formula is C19H25ClN2O. The molecule has 2 aromatic carbocycles. The number of carbonyl (C=O) groups is 1. The van der Waals surface area contributed by atoms with Crippen molar-refractivity contribution in [1.29, 1.82) is 0 Å². The molecule has 0 saturated heterocycles. The van der Waals surface area contributed by atoms with E-state index in [0.717, 1.165) is 18.5 Å². The average molecular weight is 333 g/mol. The third-order valence-corrected chi connectivity index (χ3v) is 3.60. The van der Waals surface area contributed by atoms with E-state index in [1.54, 1.807) is 0 Å². The Labute approximate surface area is 144 Å². The van der Waals surface area contributed by atoms with Crippen molar-refractivity contribution in [2.45, 2.75) is 26.3 Å². The van der Waals surface area contributed by atoms with E-state index >= 15 is 0 Å². The van der Waals surface area contributed by atoms with Gasteiger partial charge < -0.3 is 10.6 Å². The number of halogens is 1. The van der Waals surface area contributed by atoms with Crippen LogP contribution in [0.2, 0.25) is 0 Å². The molecule has 0 atom stereocenters. The SMILES string of the molecule is CNCCCC(=O)NCc1cccc(-c2cccc(C)c2)c1.Cl. The second-order valence-electron chi connectivity index (χ2n) is 5.55. The normalized spacial score (nSPS) is 10.0. The minimum absolute atomic E-state index is 0. The molecule has 1 amide bonds. The monoisotopic (exact) mass is 332 g/mol. The van der Waals surface area contributed by atoms with E-state index in [1.165, 1.54) is 16.7 Å². The lowest BCUT2D eigenvalue weighted by atomic mass is 10.0. The lowest BCUT2D eigenvalue weighted by Gasteiger charge is -2.08. The third-order valence-electron chi connectivity index (χ3n) is 3.60. The van der Waals surface area contributed by atoms with E-state index < -0.39 is 0 Å². The summed E-state index contributed by atoms with van der Waals surface area (Å²) in [5.74, 6) is 0.108. The van der Waals surface area contributed by atoms with Crippen LogP contribution in [-0.4, -0.2) is 19.5 Å². The summed E-state index contributed by atoms with van der Waals surface area (Å²) in [5.41, 5.74) is 4.77. The molecule has 0 unspecified atom stereocenters. The molecule has 4 heteroatoms. The second-order valence-corrected chi connectivity index (χ2v) is 5.55. The molecule has 0 aliphatic heterocycles. The Bertz CT molecular complexity index is 628. The molecule has 23 heavy (non-hydrogen) atoms. The van der Waals surface area contributed by atoms with Crippen LogP contribution in [0.5, 0.6) is 0 Å². The first-order chi connectivity index (χ1) is 10.7. The highest BCUT2D eigenvalue weighted by atomic mass is 35.5. The molecule has 0 aromatic heterocycles. The van der Waals surface area contributed by atoms with E-state index in [1.807, 2.05) is 19.2 Å². The molecule has 124 valence electrons. The van der Waals surface area contributed by atoms with Gasteiger partial charge in [0.25, 0.3) is 0 Å². The first-order valence-electron chi connectivity index (χ1n) is 7.76. The van der Waals surface area contributed by atoms with Gasteiger partial charge in [-0.25, -0.2) is 0 Å². The lowest BCUT2D eigenvalue weighted by Crippen LogP contribution is -2.23. The number of hydrogen-bond donors (Lipinski definition) is 2. The van der Waals surface area contributed by atoms with Gasteiger partial charge in [-0.15, -0.1) is 12.4 Å². The minimum Gasteiger partial charge on any atom is -0.352 e. The fourth-order valence-corrected chi connectivity index (χ4v) is 2.40. The van der Waals surface area contributed by atoms with Gasteiger partial charge in [0, 0.05) is 13.0 Å². The molecule has 0 aliphatic carbocycles. The zero-order chi connectivity index (χ0) is 15.8. The van der Waals surface area contributed by atoms with Gasteiger partial charge in [-0.2, -0.15) is 0 Å². The molecule has 0 fully saturated rings. The van der Waals surface area contributed by atoms with Crippen molar-refractivity contribution in [3.05, 3.63) is 59.7 Å². The molecule has 3 nitrogen and oxygen atoms in total. The second kappa shape index (κ2) is 10.0. The standard InChI is InChI=1S/C19H24N2O.ClH/c1-15-6-3-8-17(12-15)18-9-4-7-16(13-18)14-21-19(22)10-5-11-20-2;/h3-4,6-9,12-13,20H,5,10-11,14H2,1-2H3,(H,21,22);1H. The summed E-state index contributed by atoms with van der Waals surface area (Å²) in [6.45, 7) is 3.55. The zero-order valence-corrected chi connectivity index (χ0v) is 14.6. The molecule has 0 spiro atoms. The molecule has 0 saturated carbocycles. The topological polar surface area (TPSA) is 41.1 Å². The van der Waals surface area contributed by atoms with Crippen LogP contribution in [0.4, 0.5) is 0 Å². The number of aryl methyl sites for hydroxylation is 1. The van der Waals surface area contributed by atoms with Gasteiger partial charge in [0.15, 0.2) is 0 Å². The van der Waals surface area contributed by atoms with Crippen LogP contribution in [0.15, 0.2) is 48.5 Å². The smallest absolute Gasteiger partial charge is 0.220 e. The largest absolute Gasteiger partial charge is 0.352 e. The van der Waals surface area contributed by atoms with Crippen molar-refractivity contribution in [2.75, 3.05) is 13.6 Å². The summed E-state index contributed by atoms with van der Waals surface area (Å²) >= 11 is 0. The average Bonchev–Trinajstić information content (AvgIpc) is 2.53. The van der Waals surface area contributed by atoms with E-state index in [9.17, 15) is 4.79 Å². The third kappa shape index (κ3) is 6.43. The fraction of sp³-hybridized carbons (Fsp3) is 0.316. The Morgan fingerprint density at radius 3 is 2.43 bits per heavy atom. The van der Waals surface area contributed by atoms with Gasteiger partial charge in [0.1, 0.15) is 0 Å². The van der Waals surface area contributed by atoms with Crippen molar-refractivity contribution in [2.24, 2.45) is 0 Å². The summed E-state index contributed by atoms with van der Waals surface area (Å²) in [5, 5.41) is 6.03. The van der Waals surface area contributed by atoms with E-state index in [2.05, 4.69) is 54.0 Å². The van der Waals surface area contributed by atoms with Gasteiger partial charge in [-0.05, 0) is 49.7 Å². The van der Waals surface area contributed by atoms with Crippen molar-refractivity contribution in [1.82, 2.24) is 10.6 Å². The highest BCUT2D eigenvalue weighted by Gasteiger charge is 2.03. The van der Waals surface area contributed by atoms with Gasteiger partial charge >= 0.3 is 0 Å². The predicted octanol–water partition coefficient (Wildman–Crippen LogP) is 3.70. The molecular weight excluding hydrogens is 308 g/mol. The Morgan fingerprint density at radius 2 is 1.74 bits per heavy atom. The maximum absolute atomic E-state index is 11.8. The van der Waals surface area contributed by atoms with Crippen LogP contribution in [0.3, 0.4) is 0 Å². The quantitative estimate of drug-likeness (QED) is 0.759. The molecule has 0 aliphatic rings. The van der Waals surface area contributed by atoms with Crippen LogP contribution in [0, 0.1) is 6.92 Å². The maximum Gasteiger partial charge on any atom is 0.220 e. The van der Waals surface area contributed by atoms with E-state index in [4.69, 9.17) is 0 Å². The van der Waals surface area contributed by atoms with Crippen LogP contribution in [-0.2, 0) is 11.3 Å². The van der Waals surface area contributed by atoms with Crippen LogP contribution >= 0.6 is 12.4 Å². The van der Waals surface area contributed by atoms with E-state index in [0.29, 0.717) is 13.0 Å².